The summed E-state index contributed by atoms with van der Waals surface area (Å²) in [5.74, 6) is -0.261. The van der Waals surface area contributed by atoms with Crippen molar-refractivity contribution in [3.05, 3.63) is 42.5 Å². The molecule has 0 atom stereocenters. The van der Waals surface area contributed by atoms with Crippen LogP contribution in [0.15, 0.2) is 47.5 Å². The van der Waals surface area contributed by atoms with Gasteiger partial charge < -0.3 is 16.8 Å². The molecule has 94 valence electrons. The third-order valence-corrected chi connectivity index (χ3v) is 2.23. The largest absolute Gasteiger partial charge is 0.370 e. The number of fused-ring (bicyclic) bond motifs is 1. The standard InChI is InChI=1S/C12H12N4O.ClH/c13-11(14)16-12(17)15-10-6-5-8-3-1-2-4-9(8)7-10;/h1-7H,(H5,13,14,15,16,17);1H. The molecule has 6 heteroatoms. The van der Waals surface area contributed by atoms with Crippen molar-refractivity contribution in [2.75, 3.05) is 5.32 Å². The lowest BCUT2D eigenvalue weighted by Crippen LogP contribution is -2.25. The average Bonchev–Trinajstić information content (AvgIpc) is 2.27. The quantitative estimate of drug-likeness (QED) is 0.544. The van der Waals surface area contributed by atoms with Gasteiger partial charge in [0.2, 0.25) is 0 Å². The van der Waals surface area contributed by atoms with Crippen molar-refractivity contribution in [2.45, 2.75) is 0 Å². The zero-order chi connectivity index (χ0) is 12.3. The molecule has 0 aliphatic rings. The molecule has 0 aromatic heterocycles. The van der Waals surface area contributed by atoms with Gasteiger partial charge >= 0.3 is 6.03 Å². The molecule has 0 spiro atoms. The molecular weight excluding hydrogens is 252 g/mol. The smallest absolute Gasteiger partial charge is 0.348 e. The first-order chi connectivity index (χ1) is 8.15. The minimum absolute atomic E-state index is 0. The maximum absolute atomic E-state index is 11.3. The van der Waals surface area contributed by atoms with E-state index in [9.17, 15) is 4.79 Å². The van der Waals surface area contributed by atoms with Crippen LogP contribution in [0.3, 0.4) is 0 Å². The Morgan fingerprint density at radius 2 is 1.72 bits per heavy atom. The van der Waals surface area contributed by atoms with Crippen molar-refractivity contribution in [2.24, 2.45) is 16.5 Å². The van der Waals surface area contributed by atoms with E-state index in [1.807, 2.05) is 36.4 Å². The van der Waals surface area contributed by atoms with Crippen LogP contribution in [-0.2, 0) is 0 Å². The second kappa shape index (κ2) is 5.88. The number of benzene rings is 2. The fourth-order valence-corrected chi connectivity index (χ4v) is 1.54. The third kappa shape index (κ3) is 3.36. The summed E-state index contributed by atoms with van der Waals surface area (Å²) in [5, 5.41) is 4.72. The highest BCUT2D eigenvalue weighted by Gasteiger charge is 2.01. The lowest BCUT2D eigenvalue weighted by Gasteiger charge is -2.03. The van der Waals surface area contributed by atoms with Crippen molar-refractivity contribution < 1.29 is 4.79 Å². The summed E-state index contributed by atoms with van der Waals surface area (Å²) in [6.07, 6.45) is 0. The first-order valence-electron chi connectivity index (χ1n) is 5.04. The fourth-order valence-electron chi connectivity index (χ4n) is 1.54. The topological polar surface area (TPSA) is 93.5 Å². The van der Waals surface area contributed by atoms with Gasteiger partial charge in [-0.15, -0.1) is 12.4 Å². The number of carbonyl (C=O) groups excluding carboxylic acids is 1. The number of nitrogens with zero attached hydrogens (tertiary/aromatic N) is 1. The summed E-state index contributed by atoms with van der Waals surface area (Å²) < 4.78 is 0. The van der Waals surface area contributed by atoms with Gasteiger partial charge in [-0.25, -0.2) is 4.79 Å². The van der Waals surface area contributed by atoms with E-state index in [1.54, 1.807) is 6.07 Å². The lowest BCUT2D eigenvalue weighted by molar-refractivity contribution is 0.259. The summed E-state index contributed by atoms with van der Waals surface area (Å²) in [4.78, 5) is 14.7. The second-order valence-corrected chi connectivity index (χ2v) is 3.53. The molecule has 2 aromatic rings. The van der Waals surface area contributed by atoms with Gasteiger partial charge in [0.1, 0.15) is 0 Å². The zero-order valence-corrected chi connectivity index (χ0v) is 10.3. The Labute approximate surface area is 110 Å². The van der Waals surface area contributed by atoms with E-state index >= 15 is 0 Å². The number of rotatable bonds is 1. The summed E-state index contributed by atoms with van der Waals surface area (Å²) in [6, 6.07) is 12.8. The molecule has 5 nitrogen and oxygen atoms in total. The third-order valence-electron chi connectivity index (χ3n) is 2.23. The number of halogens is 1. The van der Waals surface area contributed by atoms with Crippen LogP contribution in [0.1, 0.15) is 0 Å². The summed E-state index contributed by atoms with van der Waals surface area (Å²) in [6.45, 7) is 0. The Balaban J connectivity index is 0.00000162. The number of nitrogens with two attached hydrogens (primary N) is 2. The summed E-state index contributed by atoms with van der Waals surface area (Å²) in [7, 11) is 0. The number of anilines is 1. The van der Waals surface area contributed by atoms with Gasteiger partial charge in [0.05, 0.1) is 0 Å². The van der Waals surface area contributed by atoms with Crippen LogP contribution < -0.4 is 16.8 Å². The Morgan fingerprint density at radius 3 is 2.39 bits per heavy atom. The fraction of sp³-hybridized carbons (Fsp3) is 0. The molecule has 0 aliphatic carbocycles. The molecule has 2 amide bonds. The van der Waals surface area contributed by atoms with Crippen molar-refractivity contribution in [1.82, 2.24) is 0 Å². The number of urea groups is 1. The van der Waals surface area contributed by atoms with E-state index in [4.69, 9.17) is 11.5 Å². The average molecular weight is 265 g/mol. The van der Waals surface area contributed by atoms with Crippen LogP contribution in [-0.4, -0.2) is 12.0 Å². The van der Waals surface area contributed by atoms with Crippen LogP contribution in [0.25, 0.3) is 10.8 Å². The minimum atomic E-state index is -0.583. The summed E-state index contributed by atoms with van der Waals surface area (Å²) in [5.41, 5.74) is 10.9. The van der Waals surface area contributed by atoms with Crippen molar-refractivity contribution in [3.63, 3.8) is 0 Å². The Bertz CT molecular complexity index is 593. The van der Waals surface area contributed by atoms with Crippen LogP contribution in [0.4, 0.5) is 10.5 Å². The number of carbonyl (C=O) groups is 1. The number of nitrogens with one attached hydrogen (secondary N) is 1. The molecule has 18 heavy (non-hydrogen) atoms. The molecule has 0 radical (unpaired) electrons. The predicted molar refractivity (Wildman–Crippen MR) is 76.0 cm³/mol. The van der Waals surface area contributed by atoms with E-state index in [2.05, 4.69) is 10.3 Å². The maximum atomic E-state index is 11.3. The van der Waals surface area contributed by atoms with Gasteiger partial charge in [-0.3, -0.25) is 0 Å². The molecule has 0 saturated carbocycles. The summed E-state index contributed by atoms with van der Waals surface area (Å²) >= 11 is 0. The normalized spacial score (nSPS) is 9.33. The second-order valence-electron chi connectivity index (χ2n) is 3.53. The van der Waals surface area contributed by atoms with Gasteiger partial charge in [0, 0.05) is 5.69 Å². The van der Waals surface area contributed by atoms with E-state index in [0.717, 1.165) is 10.8 Å². The molecule has 2 aromatic carbocycles. The molecule has 0 fully saturated rings. The lowest BCUT2D eigenvalue weighted by atomic mass is 10.1. The van der Waals surface area contributed by atoms with Gasteiger partial charge in [-0.1, -0.05) is 30.3 Å². The number of amides is 2. The number of aliphatic imine (C=N–C) groups is 1. The van der Waals surface area contributed by atoms with E-state index in [-0.39, 0.29) is 18.4 Å². The predicted octanol–water partition coefficient (Wildman–Crippen LogP) is 2.07. The Morgan fingerprint density at radius 1 is 1.06 bits per heavy atom. The van der Waals surface area contributed by atoms with Crippen molar-refractivity contribution in [3.8, 4) is 0 Å². The maximum Gasteiger partial charge on any atom is 0.348 e. The van der Waals surface area contributed by atoms with Crippen LogP contribution >= 0.6 is 12.4 Å². The molecule has 5 N–H and O–H groups in total. The van der Waals surface area contributed by atoms with Crippen LogP contribution in [0, 0.1) is 0 Å². The first kappa shape index (κ1) is 13.8. The highest BCUT2D eigenvalue weighted by atomic mass is 35.5. The van der Waals surface area contributed by atoms with Gasteiger partial charge in [-0.05, 0) is 22.9 Å². The van der Waals surface area contributed by atoms with Gasteiger partial charge in [0.15, 0.2) is 5.96 Å². The van der Waals surface area contributed by atoms with Crippen LogP contribution in [0.5, 0.6) is 0 Å². The van der Waals surface area contributed by atoms with Crippen molar-refractivity contribution in [1.29, 1.82) is 0 Å². The zero-order valence-electron chi connectivity index (χ0n) is 9.46. The first-order valence-corrected chi connectivity index (χ1v) is 5.04. The number of hydrogen-bond donors (Lipinski definition) is 3. The Hall–Kier alpha value is -2.27. The van der Waals surface area contributed by atoms with Crippen molar-refractivity contribution >= 4 is 40.9 Å². The van der Waals surface area contributed by atoms with Crippen LogP contribution in [0.2, 0.25) is 0 Å². The minimum Gasteiger partial charge on any atom is -0.370 e. The molecule has 2 rings (SSSR count). The highest BCUT2D eigenvalue weighted by molar-refractivity contribution is 5.99. The monoisotopic (exact) mass is 264 g/mol. The molecular formula is C12H13ClN4O. The molecule has 0 saturated heterocycles. The highest BCUT2D eigenvalue weighted by Crippen LogP contribution is 2.18. The molecule has 0 bridgehead atoms. The van der Waals surface area contributed by atoms with Gasteiger partial charge in [0.25, 0.3) is 0 Å². The number of guanidine groups is 1. The number of hydrogen-bond acceptors (Lipinski definition) is 1. The van der Waals surface area contributed by atoms with Gasteiger partial charge in [-0.2, -0.15) is 4.99 Å². The Kier molecular flexibility index (Phi) is 4.51. The molecule has 0 heterocycles. The van der Waals surface area contributed by atoms with E-state index < -0.39 is 6.03 Å². The molecule has 0 unspecified atom stereocenters. The SMILES string of the molecule is Cl.NC(N)=NC(=O)Nc1ccc2ccccc2c1. The van der Waals surface area contributed by atoms with E-state index in [0.29, 0.717) is 5.69 Å². The van der Waals surface area contributed by atoms with E-state index in [1.165, 1.54) is 0 Å². The molecule has 0 aliphatic heterocycles.